The van der Waals surface area contributed by atoms with E-state index in [9.17, 15) is 5.11 Å². The van der Waals surface area contributed by atoms with Gasteiger partial charge in [-0.05, 0) is 43.5 Å². The molecule has 0 saturated carbocycles. The summed E-state index contributed by atoms with van der Waals surface area (Å²) in [5, 5.41) is 13.8. The molecule has 0 unspecified atom stereocenters. The third-order valence-electron chi connectivity index (χ3n) is 4.35. The van der Waals surface area contributed by atoms with Gasteiger partial charge in [0.2, 0.25) is 0 Å². The molecule has 4 N–H and O–H groups in total. The lowest BCUT2D eigenvalue weighted by molar-refractivity contribution is 0.131. The van der Waals surface area contributed by atoms with Crippen molar-refractivity contribution >= 4 is 24.8 Å². The van der Waals surface area contributed by atoms with Crippen LogP contribution in [0.25, 0.3) is 0 Å². The van der Waals surface area contributed by atoms with E-state index in [-0.39, 0.29) is 36.4 Å². The standard InChI is InChI=1S/C20H28N2O2.2ClH/c1-20(2,16-10-7-11-17(13-16)24-3)22-14-19(23)18(21)12-15-8-5-4-6-9-15;;/h4-11,13,18-19,22-23H,12,14,21H2,1-3H3;2*1H/t18-,19+;;/m0../s1. The summed E-state index contributed by atoms with van der Waals surface area (Å²) in [6.45, 7) is 4.59. The van der Waals surface area contributed by atoms with Crippen molar-refractivity contribution in [2.75, 3.05) is 13.7 Å². The fourth-order valence-electron chi connectivity index (χ4n) is 2.65. The van der Waals surface area contributed by atoms with Gasteiger partial charge in [0.15, 0.2) is 0 Å². The molecule has 0 spiro atoms. The van der Waals surface area contributed by atoms with Crippen molar-refractivity contribution in [3.8, 4) is 5.75 Å². The van der Waals surface area contributed by atoms with E-state index < -0.39 is 6.10 Å². The first kappa shape index (κ1) is 24.7. The highest BCUT2D eigenvalue weighted by Gasteiger charge is 2.23. The fraction of sp³-hybridized carbons (Fsp3) is 0.400. The topological polar surface area (TPSA) is 67.5 Å². The van der Waals surface area contributed by atoms with Gasteiger partial charge in [-0.15, -0.1) is 24.8 Å². The number of aliphatic hydroxyl groups excluding tert-OH is 1. The normalized spacial score (nSPS) is 13.1. The van der Waals surface area contributed by atoms with Crippen LogP contribution in [0.2, 0.25) is 0 Å². The van der Waals surface area contributed by atoms with E-state index in [0.717, 1.165) is 16.9 Å². The number of halogens is 2. The van der Waals surface area contributed by atoms with Crippen LogP contribution in [0.3, 0.4) is 0 Å². The van der Waals surface area contributed by atoms with Crippen LogP contribution in [-0.4, -0.2) is 30.9 Å². The van der Waals surface area contributed by atoms with Crippen LogP contribution in [0.1, 0.15) is 25.0 Å². The zero-order chi connectivity index (χ0) is 17.6. The quantitative estimate of drug-likeness (QED) is 0.635. The second-order valence-corrected chi connectivity index (χ2v) is 6.66. The highest BCUT2D eigenvalue weighted by atomic mass is 35.5. The van der Waals surface area contributed by atoms with Crippen LogP contribution in [-0.2, 0) is 12.0 Å². The highest BCUT2D eigenvalue weighted by Crippen LogP contribution is 2.24. The molecule has 2 aromatic rings. The molecular weight excluding hydrogens is 371 g/mol. The highest BCUT2D eigenvalue weighted by molar-refractivity contribution is 5.85. The van der Waals surface area contributed by atoms with E-state index in [1.54, 1.807) is 7.11 Å². The lowest BCUT2D eigenvalue weighted by atomic mass is 9.93. The van der Waals surface area contributed by atoms with E-state index in [4.69, 9.17) is 10.5 Å². The van der Waals surface area contributed by atoms with Crippen LogP contribution >= 0.6 is 24.8 Å². The Morgan fingerprint density at radius 3 is 2.35 bits per heavy atom. The van der Waals surface area contributed by atoms with Crippen molar-refractivity contribution in [1.29, 1.82) is 0 Å². The Bertz CT molecular complexity index is 639. The van der Waals surface area contributed by atoms with Crippen molar-refractivity contribution < 1.29 is 9.84 Å². The third kappa shape index (κ3) is 7.14. The second kappa shape index (κ2) is 11.4. The molecule has 4 nitrogen and oxygen atoms in total. The lowest BCUT2D eigenvalue weighted by Crippen LogP contribution is -2.48. The Kier molecular flexibility index (Phi) is 10.8. The van der Waals surface area contributed by atoms with E-state index >= 15 is 0 Å². The number of benzene rings is 2. The minimum absolute atomic E-state index is 0. The first-order valence-corrected chi connectivity index (χ1v) is 8.29. The molecule has 2 atom stereocenters. The number of nitrogens with two attached hydrogens (primary N) is 1. The summed E-state index contributed by atoms with van der Waals surface area (Å²) in [5.74, 6) is 0.823. The van der Waals surface area contributed by atoms with Crippen molar-refractivity contribution in [3.63, 3.8) is 0 Å². The minimum Gasteiger partial charge on any atom is -0.497 e. The van der Waals surface area contributed by atoms with E-state index in [1.807, 2.05) is 54.6 Å². The van der Waals surface area contributed by atoms with Gasteiger partial charge in [0.1, 0.15) is 5.75 Å². The van der Waals surface area contributed by atoms with Gasteiger partial charge < -0.3 is 20.9 Å². The molecule has 146 valence electrons. The largest absolute Gasteiger partial charge is 0.497 e. The maximum atomic E-state index is 10.4. The molecule has 0 aliphatic heterocycles. The summed E-state index contributed by atoms with van der Waals surface area (Å²) in [5.41, 5.74) is 8.10. The fourth-order valence-corrected chi connectivity index (χ4v) is 2.65. The molecule has 26 heavy (non-hydrogen) atoms. The van der Waals surface area contributed by atoms with Crippen LogP contribution in [0.5, 0.6) is 5.75 Å². The summed E-state index contributed by atoms with van der Waals surface area (Å²) in [6.07, 6.45) is 0.0404. The maximum absolute atomic E-state index is 10.4. The molecule has 0 bridgehead atoms. The van der Waals surface area contributed by atoms with Crippen molar-refractivity contribution in [1.82, 2.24) is 5.32 Å². The average Bonchev–Trinajstić information content (AvgIpc) is 2.60. The van der Waals surface area contributed by atoms with E-state index in [1.165, 1.54) is 0 Å². The number of aliphatic hydroxyl groups is 1. The number of rotatable bonds is 8. The number of hydrogen-bond acceptors (Lipinski definition) is 4. The summed E-state index contributed by atoms with van der Waals surface area (Å²) in [6, 6.07) is 17.6. The van der Waals surface area contributed by atoms with Crippen LogP contribution in [0, 0.1) is 0 Å². The van der Waals surface area contributed by atoms with Gasteiger partial charge in [0, 0.05) is 18.1 Å². The van der Waals surface area contributed by atoms with Gasteiger partial charge in [-0.2, -0.15) is 0 Å². The van der Waals surface area contributed by atoms with Gasteiger partial charge in [-0.3, -0.25) is 0 Å². The number of nitrogens with one attached hydrogen (secondary N) is 1. The smallest absolute Gasteiger partial charge is 0.119 e. The Morgan fingerprint density at radius 1 is 1.08 bits per heavy atom. The Hall–Kier alpha value is -1.30. The third-order valence-corrected chi connectivity index (χ3v) is 4.35. The number of hydrogen-bond donors (Lipinski definition) is 3. The predicted molar refractivity (Wildman–Crippen MR) is 113 cm³/mol. The van der Waals surface area contributed by atoms with Crippen LogP contribution in [0.4, 0.5) is 0 Å². The van der Waals surface area contributed by atoms with Crippen LogP contribution < -0.4 is 15.8 Å². The molecule has 2 rings (SSSR count). The lowest BCUT2D eigenvalue weighted by Gasteiger charge is -2.30. The molecule has 0 fully saturated rings. The average molecular weight is 401 g/mol. The van der Waals surface area contributed by atoms with Crippen LogP contribution in [0.15, 0.2) is 54.6 Å². The summed E-state index contributed by atoms with van der Waals surface area (Å²) < 4.78 is 5.28. The van der Waals surface area contributed by atoms with Crippen molar-refractivity contribution in [2.45, 2.75) is 38.0 Å². The predicted octanol–water partition coefficient (Wildman–Crippen LogP) is 3.29. The SMILES string of the molecule is COc1cccc(C(C)(C)NC[C@@H](O)[C@@H](N)Cc2ccccc2)c1.Cl.Cl. The molecule has 0 aliphatic carbocycles. The molecular formula is C20H30Cl2N2O2. The first-order chi connectivity index (χ1) is 11.4. The monoisotopic (exact) mass is 400 g/mol. The minimum atomic E-state index is -0.616. The summed E-state index contributed by atoms with van der Waals surface area (Å²) in [4.78, 5) is 0. The molecule has 0 aliphatic rings. The zero-order valence-electron chi connectivity index (χ0n) is 15.5. The molecule has 0 aromatic heterocycles. The molecule has 0 heterocycles. The van der Waals surface area contributed by atoms with Gasteiger partial charge in [0.05, 0.1) is 13.2 Å². The van der Waals surface area contributed by atoms with Gasteiger partial charge in [-0.1, -0.05) is 42.5 Å². The first-order valence-electron chi connectivity index (χ1n) is 8.29. The molecule has 2 aromatic carbocycles. The number of ether oxygens (including phenoxy) is 1. The second-order valence-electron chi connectivity index (χ2n) is 6.66. The van der Waals surface area contributed by atoms with Gasteiger partial charge in [-0.25, -0.2) is 0 Å². The van der Waals surface area contributed by atoms with Gasteiger partial charge >= 0.3 is 0 Å². The van der Waals surface area contributed by atoms with Gasteiger partial charge in [0.25, 0.3) is 0 Å². The Labute approximate surface area is 169 Å². The summed E-state index contributed by atoms with van der Waals surface area (Å²) >= 11 is 0. The molecule has 0 radical (unpaired) electrons. The summed E-state index contributed by atoms with van der Waals surface area (Å²) in [7, 11) is 1.66. The maximum Gasteiger partial charge on any atom is 0.119 e. The zero-order valence-corrected chi connectivity index (χ0v) is 17.1. The van der Waals surface area contributed by atoms with E-state index in [2.05, 4.69) is 19.2 Å². The molecule has 0 amide bonds. The van der Waals surface area contributed by atoms with Crippen molar-refractivity contribution in [3.05, 3.63) is 65.7 Å². The van der Waals surface area contributed by atoms with E-state index in [0.29, 0.717) is 13.0 Å². The Balaban J connectivity index is 0.00000312. The molecule has 6 heteroatoms. The number of methoxy groups -OCH3 is 1. The van der Waals surface area contributed by atoms with Crippen molar-refractivity contribution in [2.24, 2.45) is 5.73 Å². The molecule has 0 saturated heterocycles. The Morgan fingerprint density at radius 2 is 1.73 bits per heavy atom.